The number of H-pyrrole nitrogens is 1. The van der Waals surface area contributed by atoms with Crippen LogP contribution in [0.25, 0.3) is 0 Å². The summed E-state index contributed by atoms with van der Waals surface area (Å²) in [5.41, 5.74) is 0.0125. The van der Waals surface area contributed by atoms with Crippen molar-refractivity contribution >= 4 is 11.6 Å². The van der Waals surface area contributed by atoms with Crippen molar-refractivity contribution in [2.45, 2.75) is 45.3 Å². The van der Waals surface area contributed by atoms with Crippen molar-refractivity contribution in [1.29, 1.82) is 0 Å². The molecule has 0 saturated carbocycles. The Bertz CT molecular complexity index is 485. The molecule has 0 unspecified atom stereocenters. The first-order valence-corrected chi connectivity index (χ1v) is 7.04. The van der Waals surface area contributed by atoms with Crippen LogP contribution < -0.4 is 10.3 Å². The van der Waals surface area contributed by atoms with Crippen LogP contribution >= 0.6 is 11.6 Å². The lowest BCUT2D eigenvalue weighted by Crippen LogP contribution is -2.48. The molecular weight excluding hydrogens is 264 g/mol. The third-order valence-electron chi connectivity index (χ3n) is 3.52. The van der Waals surface area contributed by atoms with E-state index in [1.165, 1.54) is 12.3 Å². The Labute approximate surface area is 118 Å². The summed E-state index contributed by atoms with van der Waals surface area (Å²) in [4.78, 5) is 16.2. The average molecular weight is 285 g/mol. The molecule has 1 aliphatic heterocycles. The number of ether oxygens (including phenoxy) is 1. The summed E-state index contributed by atoms with van der Waals surface area (Å²) in [5.74, 6) is 0.486. The number of nitrogens with one attached hydrogen (secondary N) is 1. The molecule has 1 aromatic rings. The molecule has 106 valence electrons. The van der Waals surface area contributed by atoms with Gasteiger partial charge in [-0.3, -0.25) is 9.69 Å². The molecule has 1 aliphatic rings. The smallest absolute Gasteiger partial charge is 0.251 e. The summed E-state index contributed by atoms with van der Waals surface area (Å²) in [6, 6.07) is 1.42. The molecule has 0 aliphatic carbocycles. The van der Waals surface area contributed by atoms with Gasteiger partial charge >= 0.3 is 0 Å². The molecule has 1 aromatic heterocycles. The highest BCUT2D eigenvalue weighted by Gasteiger charge is 2.28. The van der Waals surface area contributed by atoms with Crippen LogP contribution in [0, 0.1) is 0 Å². The van der Waals surface area contributed by atoms with Crippen LogP contribution in [-0.4, -0.2) is 34.6 Å². The number of piperidine rings is 1. The van der Waals surface area contributed by atoms with Crippen molar-refractivity contribution in [1.82, 2.24) is 9.88 Å². The van der Waals surface area contributed by atoms with Crippen molar-refractivity contribution in [3.8, 4) is 5.75 Å². The van der Waals surface area contributed by atoms with Gasteiger partial charge in [0, 0.05) is 30.9 Å². The summed E-state index contributed by atoms with van der Waals surface area (Å²) in [6.45, 7) is 8.69. The van der Waals surface area contributed by atoms with Crippen LogP contribution in [0.3, 0.4) is 0 Å². The number of rotatable bonds is 2. The number of halogens is 1. The van der Waals surface area contributed by atoms with Crippen molar-refractivity contribution in [3.63, 3.8) is 0 Å². The van der Waals surface area contributed by atoms with Crippen LogP contribution in [0.5, 0.6) is 5.75 Å². The number of likely N-dealkylation sites (tertiary alicyclic amines) is 1. The molecular formula is C14H21ClN2O2. The second-order valence-corrected chi connectivity index (χ2v) is 6.39. The van der Waals surface area contributed by atoms with Gasteiger partial charge in [0.2, 0.25) is 0 Å². The molecule has 0 aromatic carbocycles. The van der Waals surface area contributed by atoms with Gasteiger partial charge in [-0.15, -0.1) is 0 Å². The van der Waals surface area contributed by atoms with Crippen molar-refractivity contribution in [2.75, 3.05) is 13.1 Å². The lowest BCUT2D eigenvalue weighted by Gasteiger charge is -2.40. The Balaban J connectivity index is 1.96. The molecule has 2 rings (SSSR count). The Kier molecular flexibility index (Phi) is 4.21. The third-order valence-corrected chi connectivity index (χ3v) is 3.82. The van der Waals surface area contributed by atoms with E-state index in [0.717, 1.165) is 25.9 Å². The van der Waals surface area contributed by atoms with E-state index >= 15 is 0 Å². The van der Waals surface area contributed by atoms with E-state index in [4.69, 9.17) is 16.3 Å². The second kappa shape index (κ2) is 5.55. The monoisotopic (exact) mass is 284 g/mol. The summed E-state index contributed by atoms with van der Waals surface area (Å²) in [5, 5.41) is 0.456. The predicted octanol–water partition coefficient (Wildman–Crippen LogP) is 2.67. The Morgan fingerprint density at radius 2 is 2.00 bits per heavy atom. The highest BCUT2D eigenvalue weighted by molar-refractivity contribution is 6.31. The molecule has 1 saturated heterocycles. The molecule has 5 heteroatoms. The molecule has 1 fully saturated rings. The van der Waals surface area contributed by atoms with Gasteiger partial charge in [-0.05, 0) is 33.6 Å². The normalized spacial score (nSPS) is 18.5. The number of hydrogen-bond acceptors (Lipinski definition) is 3. The standard InChI is InChI=1S/C14H21ClN2O2/c1-14(2,3)17-6-4-10(5-7-17)19-12-8-13(18)16-9-11(12)15/h8-10H,4-7H2,1-3H3,(H,16,18). The van der Waals surface area contributed by atoms with Gasteiger partial charge in [0.05, 0.1) is 5.02 Å². The van der Waals surface area contributed by atoms with Gasteiger partial charge in [0.25, 0.3) is 5.56 Å². The van der Waals surface area contributed by atoms with E-state index in [9.17, 15) is 4.79 Å². The summed E-state index contributed by atoms with van der Waals surface area (Å²) < 4.78 is 5.85. The highest BCUT2D eigenvalue weighted by Crippen LogP contribution is 2.26. The molecule has 4 nitrogen and oxygen atoms in total. The Morgan fingerprint density at radius 1 is 1.37 bits per heavy atom. The Hall–Kier alpha value is -1.00. The zero-order valence-corrected chi connectivity index (χ0v) is 12.5. The van der Waals surface area contributed by atoms with E-state index < -0.39 is 0 Å². The van der Waals surface area contributed by atoms with E-state index in [2.05, 4.69) is 30.7 Å². The van der Waals surface area contributed by atoms with Gasteiger partial charge in [0.15, 0.2) is 0 Å². The minimum Gasteiger partial charge on any atom is -0.489 e. The lowest BCUT2D eigenvalue weighted by atomic mass is 9.99. The van der Waals surface area contributed by atoms with Crippen molar-refractivity contribution < 1.29 is 4.74 Å². The fraction of sp³-hybridized carbons (Fsp3) is 0.643. The van der Waals surface area contributed by atoms with Crippen LogP contribution in [0.1, 0.15) is 33.6 Å². The van der Waals surface area contributed by atoms with Crippen molar-refractivity contribution in [2.24, 2.45) is 0 Å². The van der Waals surface area contributed by atoms with Gasteiger partial charge in [-0.1, -0.05) is 11.6 Å². The minimum absolute atomic E-state index is 0.137. The number of nitrogens with zero attached hydrogens (tertiary/aromatic N) is 1. The Morgan fingerprint density at radius 3 is 2.58 bits per heavy atom. The van der Waals surface area contributed by atoms with E-state index in [-0.39, 0.29) is 17.2 Å². The fourth-order valence-corrected chi connectivity index (χ4v) is 2.50. The van der Waals surface area contributed by atoms with Gasteiger partial charge < -0.3 is 9.72 Å². The number of aromatic nitrogens is 1. The van der Waals surface area contributed by atoms with Crippen LogP contribution in [-0.2, 0) is 0 Å². The van der Waals surface area contributed by atoms with E-state index in [1.54, 1.807) is 0 Å². The molecule has 0 radical (unpaired) electrons. The largest absolute Gasteiger partial charge is 0.489 e. The predicted molar refractivity (Wildman–Crippen MR) is 77.0 cm³/mol. The molecule has 0 amide bonds. The van der Waals surface area contributed by atoms with Crippen molar-refractivity contribution in [3.05, 3.63) is 27.6 Å². The molecule has 19 heavy (non-hydrogen) atoms. The highest BCUT2D eigenvalue weighted by atomic mass is 35.5. The first-order chi connectivity index (χ1) is 8.86. The van der Waals surface area contributed by atoms with E-state index in [0.29, 0.717) is 10.8 Å². The maximum atomic E-state index is 11.3. The summed E-state index contributed by atoms with van der Waals surface area (Å²) in [7, 11) is 0. The summed E-state index contributed by atoms with van der Waals surface area (Å²) >= 11 is 6.01. The maximum absolute atomic E-state index is 11.3. The lowest BCUT2D eigenvalue weighted by molar-refractivity contribution is 0.0491. The third kappa shape index (κ3) is 3.74. The van der Waals surface area contributed by atoms with Gasteiger partial charge in [-0.2, -0.15) is 0 Å². The SMILES string of the molecule is CC(C)(C)N1CCC(Oc2cc(=O)[nH]cc2Cl)CC1. The average Bonchev–Trinajstić information content (AvgIpc) is 2.33. The quantitative estimate of drug-likeness (QED) is 0.908. The van der Waals surface area contributed by atoms with Crippen LogP contribution in [0.2, 0.25) is 5.02 Å². The maximum Gasteiger partial charge on any atom is 0.251 e. The molecule has 2 heterocycles. The van der Waals surface area contributed by atoms with Crippen LogP contribution in [0.15, 0.2) is 17.1 Å². The first-order valence-electron chi connectivity index (χ1n) is 6.66. The first kappa shape index (κ1) is 14.4. The number of pyridine rings is 1. The number of hydrogen-bond donors (Lipinski definition) is 1. The van der Waals surface area contributed by atoms with E-state index in [1.807, 2.05) is 0 Å². The molecule has 1 N–H and O–H groups in total. The summed E-state index contributed by atoms with van der Waals surface area (Å²) in [6.07, 6.45) is 3.53. The fourth-order valence-electron chi connectivity index (χ4n) is 2.35. The number of aromatic amines is 1. The zero-order valence-electron chi connectivity index (χ0n) is 11.7. The molecule has 0 atom stereocenters. The second-order valence-electron chi connectivity index (χ2n) is 5.98. The molecule has 0 spiro atoms. The minimum atomic E-state index is -0.188. The van der Waals surface area contributed by atoms with Gasteiger partial charge in [-0.25, -0.2) is 0 Å². The van der Waals surface area contributed by atoms with Gasteiger partial charge in [0.1, 0.15) is 11.9 Å². The molecule has 0 bridgehead atoms. The van der Waals surface area contributed by atoms with Crippen LogP contribution in [0.4, 0.5) is 0 Å². The topological polar surface area (TPSA) is 45.3 Å². The zero-order chi connectivity index (χ0) is 14.0.